The average Bonchev–Trinajstić information content (AvgIpc) is 2.76. The van der Waals surface area contributed by atoms with Gasteiger partial charge in [-0.1, -0.05) is 11.6 Å². The zero-order valence-electron chi connectivity index (χ0n) is 12.6. The summed E-state index contributed by atoms with van der Waals surface area (Å²) in [7, 11) is -3.78. The van der Waals surface area contributed by atoms with Crippen molar-refractivity contribution in [2.75, 3.05) is 11.0 Å². The van der Waals surface area contributed by atoms with E-state index in [2.05, 4.69) is 5.10 Å². The van der Waals surface area contributed by atoms with Crippen LogP contribution in [0.15, 0.2) is 12.1 Å². The van der Waals surface area contributed by atoms with Crippen LogP contribution in [0.2, 0.25) is 5.02 Å². The largest absolute Gasteiger partial charge is 0.421 e. The molecule has 0 aliphatic heterocycles. The van der Waals surface area contributed by atoms with Gasteiger partial charge in [0.05, 0.1) is 22.7 Å². The predicted octanol–water partition coefficient (Wildman–Crippen LogP) is 3.24. The third kappa shape index (κ3) is 3.85. The molecular weight excluding hydrogens is 388 g/mol. The summed E-state index contributed by atoms with van der Waals surface area (Å²) in [6.45, 7) is 1.02. The number of anilines is 1. The molecule has 134 valence electrons. The standard InChI is InChI=1S/C13H9ClF4N4O2S/c1-6-12(13(16,17)18)11(5-19)22(20-6)10-4-9(21-25(2,23)24)7(14)3-8(10)15/h3-4,21H,1-2H3. The molecule has 0 saturated carbocycles. The second kappa shape index (κ2) is 6.20. The molecule has 2 rings (SSSR count). The molecule has 1 aromatic heterocycles. The lowest BCUT2D eigenvalue weighted by Gasteiger charge is -2.11. The van der Waals surface area contributed by atoms with Crippen LogP contribution in [-0.4, -0.2) is 24.5 Å². The first-order chi connectivity index (χ1) is 11.3. The summed E-state index contributed by atoms with van der Waals surface area (Å²) in [5, 5.41) is 12.3. The lowest BCUT2D eigenvalue weighted by atomic mass is 10.2. The fourth-order valence-corrected chi connectivity index (χ4v) is 2.94. The van der Waals surface area contributed by atoms with Gasteiger partial charge in [0.25, 0.3) is 0 Å². The molecule has 0 fully saturated rings. The quantitative estimate of drug-likeness (QED) is 0.807. The Hall–Kier alpha value is -2.32. The van der Waals surface area contributed by atoms with E-state index in [0.29, 0.717) is 10.7 Å². The molecule has 0 aliphatic rings. The highest BCUT2D eigenvalue weighted by atomic mass is 35.5. The van der Waals surface area contributed by atoms with Crippen LogP contribution < -0.4 is 4.72 Å². The molecular formula is C13H9ClF4N4O2S. The second-order valence-corrected chi connectivity index (χ2v) is 7.14. The topological polar surface area (TPSA) is 87.8 Å². The molecule has 0 atom stereocenters. The second-order valence-electron chi connectivity index (χ2n) is 4.99. The van der Waals surface area contributed by atoms with E-state index in [1.807, 2.05) is 4.72 Å². The van der Waals surface area contributed by atoms with E-state index >= 15 is 0 Å². The van der Waals surface area contributed by atoms with Crippen molar-refractivity contribution in [3.63, 3.8) is 0 Å². The molecule has 12 heteroatoms. The van der Waals surface area contributed by atoms with Gasteiger partial charge in [-0.15, -0.1) is 0 Å². The van der Waals surface area contributed by atoms with Gasteiger partial charge >= 0.3 is 6.18 Å². The SMILES string of the molecule is Cc1nn(-c2cc(NS(C)(=O)=O)c(Cl)cc2F)c(C#N)c1C(F)(F)F. The first-order valence-corrected chi connectivity index (χ1v) is 8.66. The molecule has 6 nitrogen and oxygen atoms in total. The van der Waals surface area contributed by atoms with Crippen molar-refractivity contribution in [3.8, 4) is 11.8 Å². The van der Waals surface area contributed by atoms with Crippen LogP contribution in [0.25, 0.3) is 5.69 Å². The maximum Gasteiger partial charge on any atom is 0.421 e. The van der Waals surface area contributed by atoms with Gasteiger partial charge in [0.15, 0.2) is 11.5 Å². The molecule has 0 aliphatic carbocycles. The minimum atomic E-state index is -4.87. The number of aryl methyl sites for hydroxylation is 1. The summed E-state index contributed by atoms with van der Waals surface area (Å²) in [5.74, 6) is -1.09. The first kappa shape index (κ1) is 19.0. The third-order valence-electron chi connectivity index (χ3n) is 3.01. The van der Waals surface area contributed by atoms with Crippen molar-refractivity contribution < 1.29 is 26.0 Å². The van der Waals surface area contributed by atoms with Gasteiger partial charge in [-0.25, -0.2) is 17.5 Å². The molecule has 0 amide bonds. The van der Waals surface area contributed by atoms with E-state index < -0.39 is 44.7 Å². The maximum absolute atomic E-state index is 14.2. The molecule has 0 spiro atoms. The Morgan fingerprint density at radius 3 is 2.44 bits per heavy atom. The Labute approximate surface area is 144 Å². The van der Waals surface area contributed by atoms with E-state index in [4.69, 9.17) is 16.9 Å². The average molecular weight is 397 g/mol. The van der Waals surface area contributed by atoms with E-state index in [1.165, 1.54) is 6.07 Å². The number of rotatable bonds is 3. The van der Waals surface area contributed by atoms with Gasteiger partial charge in [0, 0.05) is 0 Å². The van der Waals surface area contributed by atoms with Crippen LogP contribution in [-0.2, 0) is 16.2 Å². The van der Waals surface area contributed by atoms with Gasteiger partial charge in [-0.05, 0) is 19.1 Å². The van der Waals surface area contributed by atoms with Crippen LogP contribution in [0.4, 0.5) is 23.2 Å². The number of nitrogens with zero attached hydrogens (tertiary/aromatic N) is 3. The number of halogens is 5. The van der Waals surface area contributed by atoms with Gasteiger partial charge < -0.3 is 0 Å². The van der Waals surface area contributed by atoms with E-state index in [9.17, 15) is 26.0 Å². The highest BCUT2D eigenvalue weighted by Crippen LogP contribution is 2.36. The maximum atomic E-state index is 14.2. The van der Waals surface area contributed by atoms with E-state index in [-0.39, 0.29) is 10.7 Å². The zero-order valence-corrected chi connectivity index (χ0v) is 14.2. The predicted molar refractivity (Wildman–Crippen MR) is 81.5 cm³/mol. The normalized spacial score (nSPS) is 12.1. The minimum Gasteiger partial charge on any atom is -0.282 e. The smallest absolute Gasteiger partial charge is 0.282 e. The van der Waals surface area contributed by atoms with Gasteiger partial charge in [0.2, 0.25) is 10.0 Å². The molecule has 2 aromatic rings. The molecule has 0 radical (unpaired) electrons. The molecule has 0 saturated heterocycles. The number of nitriles is 1. The van der Waals surface area contributed by atoms with Crippen molar-refractivity contribution in [1.82, 2.24) is 9.78 Å². The van der Waals surface area contributed by atoms with Crippen molar-refractivity contribution in [1.29, 1.82) is 5.26 Å². The highest BCUT2D eigenvalue weighted by molar-refractivity contribution is 7.92. The summed E-state index contributed by atoms with van der Waals surface area (Å²) in [6.07, 6.45) is -4.06. The monoisotopic (exact) mass is 396 g/mol. The Morgan fingerprint density at radius 2 is 1.96 bits per heavy atom. The molecule has 1 aromatic carbocycles. The molecule has 1 N–H and O–H groups in total. The van der Waals surface area contributed by atoms with E-state index in [1.54, 1.807) is 0 Å². The number of sulfonamides is 1. The Kier molecular flexibility index (Phi) is 4.71. The van der Waals surface area contributed by atoms with Gasteiger partial charge in [0.1, 0.15) is 17.3 Å². The molecule has 25 heavy (non-hydrogen) atoms. The lowest BCUT2D eigenvalue weighted by molar-refractivity contribution is -0.138. The summed E-state index contributed by atoms with van der Waals surface area (Å²) < 4.78 is 78.5. The number of hydrogen-bond donors (Lipinski definition) is 1. The molecule has 0 unspecified atom stereocenters. The van der Waals surface area contributed by atoms with Crippen LogP contribution in [0.1, 0.15) is 17.0 Å². The molecule has 1 heterocycles. The number of alkyl halides is 3. The van der Waals surface area contributed by atoms with Crippen molar-refractivity contribution >= 4 is 27.3 Å². The van der Waals surface area contributed by atoms with Crippen LogP contribution >= 0.6 is 11.6 Å². The fraction of sp³-hybridized carbons (Fsp3) is 0.231. The lowest BCUT2D eigenvalue weighted by Crippen LogP contribution is -2.12. The van der Waals surface area contributed by atoms with Crippen LogP contribution in [0.3, 0.4) is 0 Å². The number of benzene rings is 1. The number of nitrogens with one attached hydrogen (secondary N) is 1. The summed E-state index contributed by atoms with van der Waals surface area (Å²) in [4.78, 5) is 0. The summed E-state index contributed by atoms with van der Waals surface area (Å²) >= 11 is 5.74. The van der Waals surface area contributed by atoms with Gasteiger partial charge in [-0.3, -0.25) is 4.72 Å². The summed E-state index contributed by atoms with van der Waals surface area (Å²) in [6, 6.07) is 2.90. The Bertz CT molecular complexity index is 993. The van der Waals surface area contributed by atoms with Gasteiger partial charge in [-0.2, -0.15) is 23.5 Å². The molecule has 0 bridgehead atoms. The van der Waals surface area contributed by atoms with Crippen molar-refractivity contribution in [3.05, 3.63) is 39.9 Å². The minimum absolute atomic E-state index is 0.272. The Balaban J connectivity index is 2.76. The fourth-order valence-electron chi connectivity index (χ4n) is 2.12. The van der Waals surface area contributed by atoms with Crippen molar-refractivity contribution in [2.45, 2.75) is 13.1 Å². The first-order valence-electron chi connectivity index (χ1n) is 6.39. The van der Waals surface area contributed by atoms with Crippen molar-refractivity contribution in [2.24, 2.45) is 0 Å². The van der Waals surface area contributed by atoms with E-state index in [0.717, 1.165) is 19.2 Å². The zero-order chi connectivity index (χ0) is 19.2. The highest BCUT2D eigenvalue weighted by Gasteiger charge is 2.39. The number of hydrogen-bond acceptors (Lipinski definition) is 4. The van der Waals surface area contributed by atoms with Crippen LogP contribution in [0, 0.1) is 24.1 Å². The summed E-state index contributed by atoms with van der Waals surface area (Å²) in [5.41, 5.74) is -3.61. The Morgan fingerprint density at radius 1 is 1.36 bits per heavy atom. The third-order valence-corrected chi connectivity index (χ3v) is 3.91. The van der Waals surface area contributed by atoms with Crippen LogP contribution in [0.5, 0.6) is 0 Å². The number of aromatic nitrogens is 2.